The Balaban J connectivity index is 0.000000793. The normalized spacial score (nSPS) is 12.9. The van der Waals surface area contributed by atoms with Crippen molar-refractivity contribution in [1.82, 2.24) is 15.5 Å². The standard InChI is InChI=1S/C16H33N5O2.C8H10.C3H6/c1-5-7-9-18-13(3)16(23)21(4)12-14(17)20-11-15(22)19-10-8-6-2;1-7-3-5-8(2)6-4-7;1-2-3-1/h13,18H,5-12H2,1-4H3,(H2,17,20)(H,19,22);3-6H,1-2H3;1-3H2. The summed E-state index contributed by atoms with van der Waals surface area (Å²) in [6, 6.07) is 8.23. The van der Waals surface area contributed by atoms with E-state index in [0.29, 0.717) is 6.54 Å². The fraction of sp³-hybridized carbons (Fsp3) is 0.667. The molecule has 1 aliphatic rings. The van der Waals surface area contributed by atoms with Gasteiger partial charge < -0.3 is 21.3 Å². The molecule has 0 spiro atoms. The Bertz CT molecular complexity index is 678. The van der Waals surface area contributed by atoms with Gasteiger partial charge in [-0.15, -0.1) is 0 Å². The van der Waals surface area contributed by atoms with Gasteiger partial charge in [-0.2, -0.15) is 0 Å². The van der Waals surface area contributed by atoms with E-state index in [9.17, 15) is 9.59 Å². The van der Waals surface area contributed by atoms with Gasteiger partial charge in [0.15, 0.2) is 0 Å². The SMILES string of the molecule is C1CC1.CCCCNC(=O)CN=C(N)CN(C)C(=O)C(C)NCCCC.Cc1ccc(C)cc1. The number of carbonyl (C=O) groups excluding carboxylic acids is 2. The highest BCUT2D eigenvalue weighted by molar-refractivity contribution is 5.90. The molecule has 7 heteroatoms. The summed E-state index contributed by atoms with van der Waals surface area (Å²) in [5, 5.41) is 5.95. The molecule has 0 saturated heterocycles. The summed E-state index contributed by atoms with van der Waals surface area (Å²) >= 11 is 0. The maximum absolute atomic E-state index is 12.2. The molecule has 1 saturated carbocycles. The summed E-state index contributed by atoms with van der Waals surface area (Å²) in [4.78, 5) is 29.2. The number of amides is 2. The van der Waals surface area contributed by atoms with Gasteiger partial charge in [-0.25, -0.2) is 0 Å². The zero-order valence-electron chi connectivity index (χ0n) is 22.5. The fourth-order valence-corrected chi connectivity index (χ4v) is 2.55. The van der Waals surface area contributed by atoms with Crippen molar-refractivity contribution in [2.45, 2.75) is 85.6 Å². The zero-order chi connectivity index (χ0) is 25.8. The molecule has 4 N–H and O–H groups in total. The van der Waals surface area contributed by atoms with Crippen molar-refractivity contribution in [3.63, 3.8) is 0 Å². The molecule has 0 bridgehead atoms. The highest BCUT2D eigenvalue weighted by Crippen LogP contribution is 2.14. The number of likely N-dealkylation sites (N-methyl/N-ethyl adjacent to an activating group) is 1. The molecule has 1 aromatic carbocycles. The Labute approximate surface area is 208 Å². The first kappa shape index (κ1) is 31.6. The molecule has 0 radical (unpaired) electrons. The second-order valence-corrected chi connectivity index (χ2v) is 8.95. The Hall–Kier alpha value is -2.41. The number of rotatable bonds is 12. The van der Waals surface area contributed by atoms with Crippen molar-refractivity contribution in [1.29, 1.82) is 0 Å². The van der Waals surface area contributed by atoms with E-state index in [2.05, 4.69) is 67.6 Å². The highest BCUT2D eigenvalue weighted by Gasteiger charge is 2.17. The number of hydrogen-bond acceptors (Lipinski definition) is 4. The predicted molar refractivity (Wildman–Crippen MR) is 144 cm³/mol. The van der Waals surface area contributed by atoms with Gasteiger partial charge >= 0.3 is 0 Å². The Kier molecular flexibility index (Phi) is 18.6. The van der Waals surface area contributed by atoms with Crippen LogP contribution in [-0.2, 0) is 9.59 Å². The van der Waals surface area contributed by atoms with Gasteiger partial charge in [0.2, 0.25) is 11.8 Å². The lowest BCUT2D eigenvalue weighted by Crippen LogP contribution is -2.46. The van der Waals surface area contributed by atoms with Crippen LogP contribution in [0.25, 0.3) is 0 Å². The molecule has 1 atom stereocenters. The average molecular weight is 476 g/mol. The molecule has 7 nitrogen and oxygen atoms in total. The fourth-order valence-electron chi connectivity index (χ4n) is 2.55. The van der Waals surface area contributed by atoms with Gasteiger partial charge in [0.1, 0.15) is 12.4 Å². The summed E-state index contributed by atoms with van der Waals surface area (Å²) in [6.45, 7) is 11.9. The van der Waals surface area contributed by atoms with Crippen LogP contribution in [0.4, 0.5) is 0 Å². The molecular formula is C27H49N5O2. The Morgan fingerprint density at radius 2 is 1.50 bits per heavy atom. The topological polar surface area (TPSA) is 99.8 Å². The summed E-state index contributed by atoms with van der Waals surface area (Å²) in [6.07, 6.45) is 8.61. The minimum atomic E-state index is -0.253. The van der Waals surface area contributed by atoms with Crippen LogP contribution in [0.5, 0.6) is 0 Å². The third kappa shape index (κ3) is 19.1. The molecule has 194 valence electrons. The molecule has 1 aromatic rings. The number of nitrogens with two attached hydrogens (primary N) is 1. The van der Waals surface area contributed by atoms with Gasteiger partial charge in [0.25, 0.3) is 0 Å². The lowest BCUT2D eigenvalue weighted by atomic mass is 10.2. The van der Waals surface area contributed by atoms with Gasteiger partial charge in [-0.3, -0.25) is 14.6 Å². The molecule has 1 fully saturated rings. The molecular weight excluding hydrogens is 426 g/mol. The van der Waals surface area contributed by atoms with Crippen molar-refractivity contribution >= 4 is 17.6 Å². The Morgan fingerprint density at radius 3 is 1.97 bits per heavy atom. The third-order valence-electron chi connectivity index (χ3n) is 4.98. The first-order valence-electron chi connectivity index (χ1n) is 12.8. The van der Waals surface area contributed by atoms with Crippen molar-refractivity contribution in [2.24, 2.45) is 10.7 Å². The number of nitrogens with zero attached hydrogens (tertiary/aromatic N) is 2. The van der Waals surface area contributed by atoms with Crippen LogP contribution in [0, 0.1) is 13.8 Å². The van der Waals surface area contributed by atoms with Gasteiger partial charge in [0.05, 0.1) is 12.6 Å². The van der Waals surface area contributed by atoms with E-state index >= 15 is 0 Å². The number of aliphatic imine (C=N–C) groups is 1. The molecule has 2 amide bonds. The van der Waals surface area contributed by atoms with E-state index < -0.39 is 0 Å². The van der Waals surface area contributed by atoms with Gasteiger partial charge in [-0.1, -0.05) is 81.3 Å². The van der Waals surface area contributed by atoms with E-state index in [4.69, 9.17) is 5.73 Å². The lowest BCUT2D eigenvalue weighted by molar-refractivity contribution is -0.131. The third-order valence-corrected chi connectivity index (χ3v) is 4.98. The monoisotopic (exact) mass is 475 g/mol. The maximum Gasteiger partial charge on any atom is 0.241 e. The van der Waals surface area contributed by atoms with E-state index in [1.807, 2.05) is 6.92 Å². The molecule has 0 heterocycles. The minimum Gasteiger partial charge on any atom is -0.386 e. The summed E-state index contributed by atoms with van der Waals surface area (Å²) in [7, 11) is 1.68. The first-order valence-corrected chi connectivity index (χ1v) is 12.8. The summed E-state index contributed by atoms with van der Waals surface area (Å²) in [5.74, 6) is 0.101. The van der Waals surface area contributed by atoms with Crippen LogP contribution in [-0.4, -0.2) is 61.8 Å². The van der Waals surface area contributed by atoms with Crippen LogP contribution in [0.15, 0.2) is 29.3 Å². The van der Waals surface area contributed by atoms with E-state index in [-0.39, 0.29) is 36.8 Å². The predicted octanol–water partition coefficient (Wildman–Crippen LogP) is 3.97. The van der Waals surface area contributed by atoms with Crippen LogP contribution in [0.3, 0.4) is 0 Å². The zero-order valence-corrected chi connectivity index (χ0v) is 22.5. The number of hydrogen-bond donors (Lipinski definition) is 3. The Morgan fingerprint density at radius 1 is 1.00 bits per heavy atom. The average Bonchev–Trinajstić information content (AvgIpc) is 3.69. The lowest BCUT2D eigenvalue weighted by Gasteiger charge is -2.21. The molecule has 2 rings (SSSR count). The minimum absolute atomic E-state index is 0.00187. The van der Waals surface area contributed by atoms with Gasteiger partial charge in [-0.05, 0) is 40.2 Å². The maximum atomic E-state index is 12.2. The summed E-state index contributed by atoms with van der Waals surface area (Å²) in [5.41, 5.74) is 8.45. The van der Waals surface area contributed by atoms with Gasteiger partial charge in [0, 0.05) is 13.6 Å². The van der Waals surface area contributed by atoms with Crippen molar-refractivity contribution in [3.05, 3.63) is 35.4 Å². The van der Waals surface area contributed by atoms with Crippen LogP contribution in [0.2, 0.25) is 0 Å². The molecule has 0 aromatic heterocycles. The smallest absolute Gasteiger partial charge is 0.241 e. The van der Waals surface area contributed by atoms with E-state index in [0.717, 1.165) is 32.2 Å². The van der Waals surface area contributed by atoms with Crippen LogP contribution >= 0.6 is 0 Å². The molecule has 0 aliphatic heterocycles. The number of nitrogens with one attached hydrogen (secondary N) is 2. The van der Waals surface area contributed by atoms with Crippen molar-refractivity contribution < 1.29 is 9.59 Å². The number of unbranched alkanes of at least 4 members (excludes halogenated alkanes) is 2. The van der Waals surface area contributed by atoms with Crippen LogP contribution < -0.4 is 16.4 Å². The van der Waals surface area contributed by atoms with Crippen molar-refractivity contribution in [3.8, 4) is 0 Å². The molecule has 1 unspecified atom stereocenters. The van der Waals surface area contributed by atoms with E-state index in [1.54, 1.807) is 7.05 Å². The molecule has 34 heavy (non-hydrogen) atoms. The highest BCUT2D eigenvalue weighted by atomic mass is 16.2. The van der Waals surface area contributed by atoms with Crippen LogP contribution in [0.1, 0.15) is 76.8 Å². The van der Waals surface area contributed by atoms with Crippen molar-refractivity contribution in [2.75, 3.05) is 33.2 Å². The first-order chi connectivity index (χ1) is 16.2. The quantitative estimate of drug-likeness (QED) is 0.242. The number of amidine groups is 1. The number of aryl methyl sites for hydroxylation is 2. The number of carbonyl (C=O) groups is 2. The molecule has 1 aliphatic carbocycles. The largest absolute Gasteiger partial charge is 0.386 e. The second kappa shape index (κ2) is 20.0. The van der Waals surface area contributed by atoms with E-state index in [1.165, 1.54) is 35.3 Å². The summed E-state index contributed by atoms with van der Waals surface area (Å²) < 4.78 is 0. The number of benzene rings is 1. The second-order valence-electron chi connectivity index (χ2n) is 8.95.